The average Bonchev–Trinajstić information content (AvgIpc) is 2.32. The summed E-state index contributed by atoms with van der Waals surface area (Å²) in [7, 11) is 1.67. The molecule has 1 aromatic heterocycles. The van der Waals surface area contributed by atoms with Crippen molar-refractivity contribution in [1.29, 1.82) is 0 Å². The van der Waals surface area contributed by atoms with Crippen LogP contribution in [0.1, 0.15) is 13.8 Å². The van der Waals surface area contributed by atoms with Gasteiger partial charge >= 0.3 is 0 Å². The molecule has 0 spiro atoms. The van der Waals surface area contributed by atoms with Crippen LogP contribution in [0.3, 0.4) is 0 Å². The van der Waals surface area contributed by atoms with E-state index in [0.29, 0.717) is 6.04 Å². The van der Waals surface area contributed by atoms with Crippen molar-refractivity contribution in [3.05, 3.63) is 27.3 Å². The van der Waals surface area contributed by atoms with Gasteiger partial charge in [-0.3, -0.25) is 0 Å². The average molecular weight is 374 g/mol. The highest BCUT2D eigenvalue weighted by Crippen LogP contribution is 2.39. The topological polar surface area (TPSA) is 34.1 Å². The van der Waals surface area contributed by atoms with Gasteiger partial charge in [0.15, 0.2) is 0 Å². The van der Waals surface area contributed by atoms with Gasteiger partial charge in [-0.2, -0.15) is 0 Å². The summed E-state index contributed by atoms with van der Waals surface area (Å²) in [5, 5.41) is 5.39. The molecule has 0 aliphatic carbocycles. The first-order valence-corrected chi connectivity index (χ1v) is 7.20. The van der Waals surface area contributed by atoms with Crippen LogP contribution in [0.5, 0.6) is 5.75 Å². The molecule has 0 bridgehead atoms. The van der Waals surface area contributed by atoms with Gasteiger partial charge in [0.05, 0.1) is 7.11 Å². The summed E-state index contributed by atoms with van der Waals surface area (Å²) in [6.07, 6.45) is 1.79. The summed E-state index contributed by atoms with van der Waals surface area (Å²) in [4.78, 5) is 4.44. The number of anilines is 1. The molecule has 18 heavy (non-hydrogen) atoms. The van der Waals surface area contributed by atoms with Gasteiger partial charge in [0.2, 0.25) is 0 Å². The molecule has 0 aliphatic heterocycles. The van der Waals surface area contributed by atoms with E-state index in [1.165, 1.54) is 0 Å². The van der Waals surface area contributed by atoms with Crippen molar-refractivity contribution in [3.63, 3.8) is 0 Å². The van der Waals surface area contributed by atoms with Crippen LogP contribution in [0, 0.1) is 0 Å². The van der Waals surface area contributed by atoms with Crippen LogP contribution in [0.25, 0.3) is 10.8 Å². The van der Waals surface area contributed by atoms with Gasteiger partial charge in [0, 0.05) is 32.0 Å². The predicted octanol–water partition coefficient (Wildman–Crippen LogP) is 4.59. The van der Waals surface area contributed by atoms with Crippen LogP contribution >= 0.6 is 31.9 Å². The van der Waals surface area contributed by atoms with Gasteiger partial charge in [-0.1, -0.05) is 15.9 Å². The Balaban J connectivity index is 2.79. The van der Waals surface area contributed by atoms with E-state index in [1.54, 1.807) is 13.3 Å². The van der Waals surface area contributed by atoms with Gasteiger partial charge < -0.3 is 10.1 Å². The lowest BCUT2D eigenvalue weighted by Gasteiger charge is -2.15. The first kappa shape index (κ1) is 13.6. The number of hydrogen-bond donors (Lipinski definition) is 1. The number of nitrogens with zero attached hydrogens (tertiary/aromatic N) is 1. The van der Waals surface area contributed by atoms with Crippen molar-refractivity contribution < 1.29 is 4.74 Å². The largest absolute Gasteiger partial charge is 0.496 e. The number of halogens is 2. The van der Waals surface area contributed by atoms with Crippen molar-refractivity contribution in [2.75, 3.05) is 12.4 Å². The Labute approximate surface area is 123 Å². The normalized spacial score (nSPS) is 11.0. The molecule has 0 radical (unpaired) electrons. The molecule has 0 atom stereocenters. The number of fused-ring (bicyclic) bond motifs is 1. The minimum Gasteiger partial charge on any atom is -0.496 e. The molecule has 0 saturated heterocycles. The molecule has 0 saturated carbocycles. The summed E-state index contributed by atoms with van der Waals surface area (Å²) >= 11 is 7.11. The van der Waals surface area contributed by atoms with Gasteiger partial charge in [0.25, 0.3) is 0 Å². The van der Waals surface area contributed by atoms with Crippen LogP contribution in [0.15, 0.2) is 27.3 Å². The molecule has 3 nitrogen and oxygen atoms in total. The zero-order valence-corrected chi connectivity index (χ0v) is 13.6. The van der Waals surface area contributed by atoms with Gasteiger partial charge in [-0.25, -0.2) is 4.98 Å². The summed E-state index contributed by atoms with van der Waals surface area (Å²) in [5.41, 5.74) is 0. The van der Waals surface area contributed by atoms with Crippen molar-refractivity contribution >= 4 is 48.5 Å². The Kier molecular flexibility index (Phi) is 4.12. The molecule has 2 aromatic rings. The van der Waals surface area contributed by atoms with E-state index in [0.717, 1.165) is 31.3 Å². The lowest BCUT2D eigenvalue weighted by Crippen LogP contribution is -2.11. The van der Waals surface area contributed by atoms with Crippen molar-refractivity contribution in [2.45, 2.75) is 19.9 Å². The fourth-order valence-corrected chi connectivity index (χ4v) is 2.84. The Morgan fingerprint density at radius 1 is 1.17 bits per heavy atom. The predicted molar refractivity (Wildman–Crippen MR) is 82.5 cm³/mol. The lowest BCUT2D eigenvalue weighted by molar-refractivity contribution is 0.419. The lowest BCUT2D eigenvalue weighted by atomic mass is 10.1. The highest BCUT2D eigenvalue weighted by Gasteiger charge is 2.14. The number of benzene rings is 1. The highest BCUT2D eigenvalue weighted by molar-refractivity contribution is 9.11. The first-order valence-electron chi connectivity index (χ1n) is 5.61. The Hall–Kier alpha value is -0.810. The molecular weight excluding hydrogens is 360 g/mol. The van der Waals surface area contributed by atoms with E-state index in [1.807, 2.05) is 12.1 Å². The van der Waals surface area contributed by atoms with Crippen LogP contribution < -0.4 is 10.1 Å². The molecule has 96 valence electrons. The number of ether oxygens (including phenoxy) is 1. The number of rotatable bonds is 3. The van der Waals surface area contributed by atoms with E-state index < -0.39 is 0 Å². The van der Waals surface area contributed by atoms with E-state index in [2.05, 4.69) is 56.0 Å². The number of hydrogen-bond acceptors (Lipinski definition) is 3. The molecule has 0 amide bonds. The molecule has 0 fully saturated rings. The molecule has 1 aromatic carbocycles. The van der Waals surface area contributed by atoms with Crippen molar-refractivity contribution in [2.24, 2.45) is 0 Å². The van der Waals surface area contributed by atoms with Crippen LogP contribution in [-0.2, 0) is 0 Å². The SMILES string of the molecule is COc1ccc(Br)c2c(NC(C)C)ncc(Br)c12. The molecule has 1 heterocycles. The second kappa shape index (κ2) is 5.45. The van der Waals surface area contributed by atoms with Crippen molar-refractivity contribution in [1.82, 2.24) is 4.98 Å². The molecule has 1 N–H and O–H groups in total. The number of pyridine rings is 1. The third-order valence-electron chi connectivity index (χ3n) is 2.54. The smallest absolute Gasteiger partial charge is 0.135 e. The van der Waals surface area contributed by atoms with Crippen LogP contribution in [0.4, 0.5) is 5.82 Å². The van der Waals surface area contributed by atoms with Crippen LogP contribution in [-0.4, -0.2) is 18.1 Å². The molecule has 5 heteroatoms. The number of nitrogens with one attached hydrogen (secondary N) is 1. The number of aromatic nitrogens is 1. The maximum Gasteiger partial charge on any atom is 0.135 e. The zero-order valence-electron chi connectivity index (χ0n) is 10.4. The van der Waals surface area contributed by atoms with E-state index in [9.17, 15) is 0 Å². The van der Waals surface area contributed by atoms with Gasteiger partial charge in [0.1, 0.15) is 11.6 Å². The fraction of sp³-hybridized carbons (Fsp3) is 0.308. The standard InChI is InChI=1S/C13H14Br2N2O/c1-7(2)17-13-12-8(14)4-5-10(18-3)11(12)9(15)6-16-13/h4-7H,1-3H3,(H,16,17). The molecule has 0 aliphatic rings. The molecule has 2 rings (SSSR count). The van der Waals surface area contributed by atoms with Crippen molar-refractivity contribution in [3.8, 4) is 5.75 Å². The first-order chi connectivity index (χ1) is 8.54. The quantitative estimate of drug-likeness (QED) is 0.854. The zero-order chi connectivity index (χ0) is 13.3. The Morgan fingerprint density at radius 2 is 1.89 bits per heavy atom. The number of methoxy groups -OCH3 is 1. The molecular formula is C13H14Br2N2O. The van der Waals surface area contributed by atoms with Crippen LogP contribution in [0.2, 0.25) is 0 Å². The summed E-state index contributed by atoms with van der Waals surface area (Å²) in [5.74, 6) is 1.68. The van der Waals surface area contributed by atoms with E-state index >= 15 is 0 Å². The second-order valence-electron chi connectivity index (χ2n) is 4.25. The maximum atomic E-state index is 5.42. The minimum atomic E-state index is 0.319. The Bertz CT molecular complexity index is 585. The highest BCUT2D eigenvalue weighted by atomic mass is 79.9. The fourth-order valence-electron chi connectivity index (χ4n) is 1.83. The third kappa shape index (κ3) is 2.47. The summed E-state index contributed by atoms with van der Waals surface area (Å²) in [6, 6.07) is 4.23. The van der Waals surface area contributed by atoms with Gasteiger partial charge in [-0.15, -0.1) is 0 Å². The van der Waals surface area contributed by atoms with E-state index in [4.69, 9.17) is 4.74 Å². The van der Waals surface area contributed by atoms with Gasteiger partial charge in [-0.05, 0) is 41.9 Å². The minimum absolute atomic E-state index is 0.319. The second-order valence-corrected chi connectivity index (χ2v) is 5.96. The van der Waals surface area contributed by atoms with E-state index in [-0.39, 0.29) is 0 Å². The summed E-state index contributed by atoms with van der Waals surface area (Å²) in [6.45, 7) is 4.17. The summed E-state index contributed by atoms with van der Waals surface area (Å²) < 4.78 is 7.33. The Morgan fingerprint density at radius 3 is 2.50 bits per heavy atom. The third-order valence-corrected chi connectivity index (χ3v) is 3.81. The maximum absolute atomic E-state index is 5.42. The molecule has 0 unspecified atom stereocenters. The monoisotopic (exact) mass is 372 g/mol.